The number of aryl methyl sites for hydroxylation is 1. The molecule has 0 aliphatic rings. The van der Waals surface area contributed by atoms with Crippen molar-refractivity contribution in [2.45, 2.75) is 18.4 Å². The number of hydrogen-bond acceptors (Lipinski definition) is 3. The molecule has 2 aromatic carbocycles. The molecule has 0 aliphatic carbocycles. The van der Waals surface area contributed by atoms with E-state index in [0.29, 0.717) is 6.54 Å². The van der Waals surface area contributed by atoms with Crippen LogP contribution in [0.25, 0.3) is 0 Å². The molecular formula is C17H20N2O3S. The quantitative estimate of drug-likeness (QED) is 0.879. The predicted molar refractivity (Wildman–Crippen MR) is 89.3 cm³/mol. The summed E-state index contributed by atoms with van der Waals surface area (Å²) in [6.45, 7) is 2.13. The van der Waals surface area contributed by atoms with Gasteiger partial charge in [-0.05, 0) is 24.6 Å². The Morgan fingerprint density at radius 2 is 1.78 bits per heavy atom. The smallest absolute Gasteiger partial charge is 0.243 e. The third-order valence-electron chi connectivity index (χ3n) is 3.39. The largest absolute Gasteiger partial charge is 0.351 e. The lowest BCUT2D eigenvalue weighted by Gasteiger charge is -2.17. The first-order valence-electron chi connectivity index (χ1n) is 7.23. The van der Waals surface area contributed by atoms with E-state index in [0.717, 1.165) is 15.4 Å². The van der Waals surface area contributed by atoms with Crippen LogP contribution < -0.4 is 5.32 Å². The van der Waals surface area contributed by atoms with Gasteiger partial charge in [0, 0.05) is 13.6 Å². The van der Waals surface area contributed by atoms with Gasteiger partial charge in [0.25, 0.3) is 0 Å². The lowest BCUT2D eigenvalue weighted by molar-refractivity contribution is -0.121. The van der Waals surface area contributed by atoms with E-state index in [1.54, 1.807) is 18.2 Å². The van der Waals surface area contributed by atoms with Crippen LogP contribution in [0.4, 0.5) is 0 Å². The summed E-state index contributed by atoms with van der Waals surface area (Å²) in [5.74, 6) is -0.339. The Kier molecular flexibility index (Phi) is 5.52. The van der Waals surface area contributed by atoms with Crippen LogP contribution in [0.3, 0.4) is 0 Å². The maximum absolute atomic E-state index is 12.3. The van der Waals surface area contributed by atoms with E-state index >= 15 is 0 Å². The summed E-state index contributed by atoms with van der Waals surface area (Å²) >= 11 is 0. The molecule has 0 aromatic heterocycles. The van der Waals surface area contributed by atoms with E-state index in [-0.39, 0.29) is 17.3 Å². The Morgan fingerprint density at radius 3 is 2.43 bits per heavy atom. The predicted octanol–water partition coefficient (Wildman–Crippen LogP) is 1.93. The lowest BCUT2D eigenvalue weighted by Crippen LogP contribution is -2.38. The third kappa shape index (κ3) is 4.64. The summed E-state index contributed by atoms with van der Waals surface area (Å²) in [5, 5.41) is 2.74. The maximum atomic E-state index is 12.3. The van der Waals surface area contributed by atoms with Gasteiger partial charge in [0.2, 0.25) is 15.9 Å². The second-order valence-corrected chi connectivity index (χ2v) is 7.38. The number of nitrogens with zero attached hydrogens (tertiary/aromatic N) is 1. The van der Waals surface area contributed by atoms with Crippen LogP contribution >= 0.6 is 0 Å². The van der Waals surface area contributed by atoms with E-state index in [1.807, 2.05) is 31.2 Å². The zero-order valence-electron chi connectivity index (χ0n) is 13.2. The Labute approximate surface area is 137 Å². The molecule has 6 heteroatoms. The summed E-state index contributed by atoms with van der Waals surface area (Å²) in [7, 11) is -2.25. The molecule has 0 fully saturated rings. The number of sulfonamides is 1. The number of likely N-dealkylation sites (N-methyl/N-ethyl adjacent to an activating group) is 1. The van der Waals surface area contributed by atoms with Crippen LogP contribution in [0.2, 0.25) is 0 Å². The van der Waals surface area contributed by atoms with Crippen molar-refractivity contribution >= 4 is 15.9 Å². The highest BCUT2D eigenvalue weighted by Gasteiger charge is 2.22. The van der Waals surface area contributed by atoms with Crippen molar-refractivity contribution in [2.24, 2.45) is 0 Å². The minimum absolute atomic E-state index is 0.175. The van der Waals surface area contributed by atoms with Crippen molar-refractivity contribution in [3.63, 3.8) is 0 Å². The third-order valence-corrected chi connectivity index (χ3v) is 5.21. The molecule has 2 aromatic rings. The van der Waals surface area contributed by atoms with Gasteiger partial charge in [0.05, 0.1) is 11.4 Å². The minimum Gasteiger partial charge on any atom is -0.351 e. The molecule has 5 nitrogen and oxygen atoms in total. The van der Waals surface area contributed by atoms with Gasteiger partial charge in [0.15, 0.2) is 0 Å². The van der Waals surface area contributed by atoms with Crippen molar-refractivity contribution < 1.29 is 13.2 Å². The van der Waals surface area contributed by atoms with Crippen molar-refractivity contribution in [3.8, 4) is 0 Å². The van der Waals surface area contributed by atoms with Gasteiger partial charge in [-0.15, -0.1) is 0 Å². The molecule has 0 atom stereocenters. The summed E-state index contributed by atoms with van der Waals surface area (Å²) in [6.07, 6.45) is 0. The summed E-state index contributed by atoms with van der Waals surface area (Å²) in [5.41, 5.74) is 2.09. The van der Waals surface area contributed by atoms with Gasteiger partial charge in [0.1, 0.15) is 0 Å². The number of carbonyl (C=O) groups is 1. The zero-order valence-corrected chi connectivity index (χ0v) is 14.0. The number of benzene rings is 2. The molecule has 1 N–H and O–H groups in total. The van der Waals surface area contributed by atoms with Gasteiger partial charge in [-0.2, -0.15) is 4.31 Å². The first kappa shape index (κ1) is 17.2. The molecule has 122 valence electrons. The number of carbonyl (C=O) groups excluding carboxylic acids is 1. The monoisotopic (exact) mass is 332 g/mol. The molecule has 0 radical (unpaired) electrons. The SMILES string of the molecule is Cc1cccc(CNC(=O)CN(C)S(=O)(=O)c2ccccc2)c1. The Hall–Kier alpha value is -2.18. The lowest BCUT2D eigenvalue weighted by atomic mass is 10.1. The molecule has 0 spiro atoms. The van der Waals surface area contributed by atoms with Gasteiger partial charge >= 0.3 is 0 Å². The van der Waals surface area contributed by atoms with E-state index in [9.17, 15) is 13.2 Å². The molecule has 0 bridgehead atoms. The van der Waals surface area contributed by atoms with Crippen molar-refractivity contribution in [2.75, 3.05) is 13.6 Å². The first-order chi connectivity index (χ1) is 10.9. The van der Waals surface area contributed by atoms with Gasteiger partial charge in [-0.3, -0.25) is 4.79 Å². The Bertz CT molecular complexity index is 773. The van der Waals surface area contributed by atoms with E-state index in [2.05, 4.69) is 5.32 Å². The van der Waals surface area contributed by atoms with Crippen molar-refractivity contribution in [3.05, 3.63) is 65.7 Å². The average Bonchev–Trinajstić information content (AvgIpc) is 2.54. The topological polar surface area (TPSA) is 66.5 Å². The van der Waals surface area contributed by atoms with Gasteiger partial charge in [-0.25, -0.2) is 8.42 Å². The Morgan fingerprint density at radius 1 is 1.09 bits per heavy atom. The number of hydrogen-bond donors (Lipinski definition) is 1. The second-order valence-electron chi connectivity index (χ2n) is 5.34. The van der Waals surface area contributed by atoms with Crippen LogP contribution in [0.1, 0.15) is 11.1 Å². The highest BCUT2D eigenvalue weighted by atomic mass is 32.2. The van der Waals surface area contributed by atoms with Crippen LogP contribution in [0.15, 0.2) is 59.5 Å². The zero-order chi connectivity index (χ0) is 16.9. The fraction of sp³-hybridized carbons (Fsp3) is 0.235. The van der Waals surface area contributed by atoms with Crippen molar-refractivity contribution in [1.29, 1.82) is 0 Å². The summed E-state index contributed by atoms with van der Waals surface area (Å²) in [4.78, 5) is 12.1. The molecule has 0 aliphatic heterocycles. The number of nitrogens with one attached hydrogen (secondary N) is 1. The molecule has 0 saturated heterocycles. The van der Waals surface area contributed by atoms with Gasteiger partial charge in [-0.1, -0.05) is 48.0 Å². The normalized spacial score (nSPS) is 11.4. The highest BCUT2D eigenvalue weighted by Crippen LogP contribution is 2.13. The Balaban J connectivity index is 1.94. The maximum Gasteiger partial charge on any atom is 0.243 e. The highest BCUT2D eigenvalue weighted by molar-refractivity contribution is 7.89. The molecule has 0 heterocycles. The first-order valence-corrected chi connectivity index (χ1v) is 8.67. The molecule has 0 saturated carbocycles. The summed E-state index contributed by atoms with van der Waals surface area (Å²) < 4.78 is 25.7. The van der Waals surface area contributed by atoms with Crippen molar-refractivity contribution in [1.82, 2.24) is 9.62 Å². The van der Waals surface area contributed by atoms with Crippen LogP contribution in [0.5, 0.6) is 0 Å². The second kappa shape index (κ2) is 7.39. The standard InChI is InChI=1S/C17H20N2O3S/c1-14-7-6-8-15(11-14)12-18-17(20)13-19(2)23(21,22)16-9-4-3-5-10-16/h3-11H,12-13H2,1-2H3,(H,18,20). The molecule has 1 amide bonds. The van der Waals surface area contributed by atoms with E-state index < -0.39 is 10.0 Å². The van der Waals surface area contributed by atoms with Crippen LogP contribution in [-0.2, 0) is 21.4 Å². The fourth-order valence-electron chi connectivity index (χ4n) is 2.14. The molecule has 23 heavy (non-hydrogen) atoms. The fourth-order valence-corrected chi connectivity index (χ4v) is 3.29. The van der Waals surface area contributed by atoms with E-state index in [1.165, 1.54) is 19.2 Å². The van der Waals surface area contributed by atoms with Crippen LogP contribution in [-0.4, -0.2) is 32.2 Å². The van der Waals surface area contributed by atoms with Gasteiger partial charge < -0.3 is 5.32 Å². The van der Waals surface area contributed by atoms with E-state index in [4.69, 9.17) is 0 Å². The van der Waals surface area contributed by atoms with Crippen LogP contribution in [0, 0.1) is 6.92 Å². The number of amides is 1. The molecular weight excluding hydrogens is 312 g/mol. The molecule has 0 unspecified atom stereocenters. The molecule has 2 rings (SSSR count). The average molecular weight is 332 g/mol. The summed E-state index contributed by atoms with van der Waals surface area (Å²) in [6, 6.07) is 15.9. The minimum atomic E-state index is -3.65. The number of rotatable bonds is 6.